The van der Waals surface area contributed by atoms with Gasteiger partial charge in [0.05, 0.1) is 17.0 Å². The largest absolute Gasteiger partial charge is 0.497 e. The Labute approximate surface area is 186 Å². The maximum absolute atomic E-state index is 13.3. The van der Waals surface area contributed by atoms with Gasteiger partial charge in [0.2, 0.25) is 5.78 Å². The second kappa shape index (κ2) is 8.67. The summed E-state index contributed by atoms with van der Waals surface area (Å²) in [6.07, 6.45) is 0. The Morgan fingerprint density at radius 1 is 0.879 bits per heavy atom. The van der Waals surface area contributed by atoms with Crippen LogP contribution in [-0.2, 0) is 0 Å². The summed E-state index contributed by atoms with van der Waals surface area (Å²) in [6, 6.07) is 17.7. The van der Waals surface area contributed by atoms with Crippen molar-refractivity contribution < 1.29 is 19.4 Å². The molecular weight excluding hydrogens is 430 g/mol. The van der Waals surface area contributed by atoms with E-state index >= 15 is 0 Å². The van der Waals surface area contributed by atoms with Crippen molar-refractivity contribution in [3.8, 4) is 22.7 Å². The highest BCUT2D eigenvalue weighted by molar-refractivity contribution is 6.11. The van der Waals surface area contributed by atoms with Gasteiger partial charge in [-0.3, -0.25) is 25.0 Å². The first-order chi connectivity index (χ1) is 15.9. The number of hydrogen-bond donors (Lipinski definition) is 0. The predicted octanol–water partition coefficient (Wildman–Crippen LogP) is 3.99. The molecule has 1 aromatic heterocycles. The molecular formula is C22H15N5O6. The Morgan fingerprint density at radius 2 is 1.55 bits per heavy atom. The summed E-state index contributed by atoms with van der Waals surface area (Å²) in [5, 5.41) is 31.0. The van der Waals surface area contributed by atoms with Gasteiger partial charge >= 0.3 is 0 Å². The molecule has 0 aliphatic heterocycles. The lowest BCUT2D eigenvalue weighted by atomic mass is 10.0. The molecule has 1 heterocycles. The summed E-state index contributed by atoms with van der Waals surface area (Å²) in [5.41, 5.74) is 0.510. The van der Waals surface area contributed by atoms with Crippen LogP contribution < -0.4 is 4.74 Å². The van der Waals surface area contributed by atoms with E-state index in [2.05, 4.69) is 10.2 Å². The van der Waals surface area contributed by atoms with Gasteiger partial charge < -0.3 is 4.74 Å². The Balaban J connectivity index is 1.86. The zero-order valence-corrected chi connectivity index (χ0v) is 17.1. The van der Waals surface area contributed by atoms with Gasteiger partial charge in [0, 0.05) is 29.3 Å². The Kier molecular flexibility index (Phi) is 5.60. The third-order valence-corrected chi connectivity index (χ3v) is 4.83. The first-order valence-electron chi connectivity index (χ1n) is 9.53. The quantitative estimate of drug-likeness (QED) is 0.236. The van der Waals surface area contributed by atoms with Crippen LogP contribution in [0.1, 0.15) is 16.1 Å². The van der Waals surface area contributed by atoms with Crippen LogP contribution in [0.5, 0.6) is 5.75 Å². The highest BCUT2D eigenvalue weighted by atomic mass is 16.6. The Morgan fingerprint density at radius 3 is 2.15 bits per heavy atom. The number of nitro groups is 2. The van der Waals surface area contributed by atoms with Gasteiger partial charge in [-0.05, 0) is 42.5 Å². The SMILES string of the molecule is COc1ccc(-c2nn(-c3ccccc3[N+](=O)[O-])nc2C(=O)c2ccc([N+](=O)[O-])cc2)cc1. The van der Waals surface area contributed by atoms with Crippen LogP contribution >= 0.6 is 0 Å². The minimum absolute atomic E-state index is 0.0628. The molecule has 0 fully saturated rings. The van der Waals surface area contributed by atoms with E-state index in [-0.39, 0.29) is 34.0 Å². The minimum atomic E-state index is -0.568. The number of para-hydroxylation sites is 2. The molecule has 0 radical (unpaired) electrons. The molecule has 11 nitrogen and oxygen atoms in total. The summed E-state index contributed by atoms with van der Waals surface area (Å²) < 4.78 is 5.16. The normalized spacial score (nSPS) is 10.6. The number of nitro benzene ring substituents is 2. The Hall–Kier alpha value is -4.93. The number of ketones is 1. The number of rotatable bonds is 7. The number of benzene rings is 3. The van der Waals surface area contributed by atoms with Crippen molar-refractivity contribution in [2.75, 3.05) is 7.11 Å². The van der Waals surface area contributed by atoms with Crippen LogP contribution in [0, 0.1) is 20.2 Å². The molecule has 4 rings (SSSR count). The average Bonchev–Trinajstić information content (AvgIpc) is 3.29. The topological polar surface area (TPSA) is 143 Å². The van der Waals surface area contributed by atoms with Crippen molar-refractivity contribution in [3.05, 3.63) is 104 Å². The van der Waals surface area contributed by atoms with Crippen LogP contribution in [0.2, 0.25) is 0 Å². The predicted molar refractivity (Wildman–Crippen MR) is 117 cm³/mol. The van der Waals surface area contributed by atoms with Gasteiger partial charge in [0.25, 0.3) is 11.4 Å². The van der Waals surface area contributed by atoms with Gasteiger partial charge in [0.1, 0.15) is 11.4 Å². The van der Waals surface area contributed by atoms with E-state index in [1.54, 1.807) is 30.3 Å². The fraction of sp³-hybridized carbons (Fsp3) is 0.0455. The lowest BCUT2D eigenvalue weighted by Gasteiger charge is -2.03. The van der Waals surface area contributed by atoms with Crippen molar-refractivity contribution >= 4 is 17.2 Å². The van der Waals surface area contributed by atoms with Gasteiger partial charge in [0.15, 0.2) is 11.4 Å². The zero-order chi connectivity index (χ0) is 23.5. The number of non-ortho nitro benzene ring substituents is 1. The van der Waals surface area contributed by atoms with E-state index in [0.717, 1.165) is 4.80 Å². The number of ether oxygens (including phenoxy) is 1. The third kappa shape index (κ3) is 4.14. The van der Waals surface area contributed by atoms with E-state index < -0.39 is 15.6 Å². The molecule has 0 saturated carbocycles. The number of methoxy groups -OCH3 is 1. The molecule has 0 aliphatic carbocycles. The minimum Gasteiger partial charge on any atom is -0.497 e. The number of aromatic nitrogens is 3. The Bertz CT molecular complexity index is 1360. The lowest BCUT2D eigenvalue weighted by molar-refractivity contribution is -0.385. The molecule has 11 heteroatoms. The monoisotopic (exact) mass is 445 g/mol. The van der Waals surface area contributed by atoms with Crippen LogP contribution in [0.3, 0.4) is 0 Å². The zero-order valence-electron chi connectivity index (χ0n) is 17.1. The fourth-order valence-electron chi connectivity index (χ4n) is 3.17. The molecule has 0 unspecified atom stereocenters. The molecule has 0 bridgehead atoms. The van der Waals surface area contributed by atoms with Crippen molar-refractivity contribution in [1.29, 1.82) is 0 Å². The van der Waals surface area contributed by atoms with E-state index in [0.29, 0.717) is 11.3 Å². The number of nitrogens with zero attached hydrogens (tertiary/aromatic N) is 5. The molecule has 4 aromatic rings. The average molecular weight is 445 g/mol. The maximum atomic E-state index is 13.3. The van der Waals surface area contributed by atoms with E-state index in [4.69, 9.17) is 4.74 Å². The molecule has 0 N–H and O–H groups in total. The van der Waals surface area contributed by atoms with Gasteiger partial charge in [-0.25, -0.2) is 0 Å². The number of hydrogen-bond acceptors (Lipinski definition) is 8. The van der Waals surface area contributed by atoms with E-state index in [9.17, 15) is 25.0 Å². The second-order valence-electron chi connectivity index (χ2n) is 6.79. The van der Waals surface area contributed by atoms with E-state index in [1.165, 1.54) is 49.6 Å². The molecule has 3 aromatic carbocycles. The molecule has 0 aliphatic rings. The first-order valence-corrected chi connectivity index (χ1v) is 9.53. The van der Waals surface area contributed by atoms with Crippen molar-refractivity contribution in [2.24, 2.45) is 0 Å². The van der Waals surface area contributed by atoms with Crippen LogP contribution in [-0.4, -0.2) is 37.7 Å². The standard InChI is InChI=1S/C22H15N5O6/c1-33-17-12-8-14(9-13-17)20-21(22(28)15-6-10-16(11-7-15)26(29)30)24-25(23-20)18-4-2-3-5-19(18)27(31)32/h2-13H,1H3. The van der Waals surface area contributed by atoms with Crippen molar-refractivity contribution in [2.45, 2.75) is 0 Å². The van der Waals surface area contributed by atoms with Crippen LogP contribution in [0.4, 0.5) is 11.4 Å². The summed E-state index contributed by atoms with van der Waals surface area (Å²) in [7, 11) is 1.52. The smallest absolute Gasteiger partial charge is 0.296 e. The molecule has 0 saturated heterocycles. The lowest BCUT2D eigenvalue weighted by Crippen LogP contribution is -2.06. The van der Waals surface area contributed by atoms with Crippen molar-refractivity contribution in [3.63, 3.8) is 0 Å². The summed E-state index contributed by atoms with van der Waals surface area (Å²) >= 11 is 0. The van der Waals surface area contributed by atoms with Gasteiger partial charge in [-0.1, -0.05) is 12.1 Å². The molecule has 33 heavy (non-hydrogen) atoms. The first kappa shape index (κ1) is 21.3. The second-order valence-corrected chi connectivity index (χ2v) is 6.79. The molecule has 0 atom stereocenters. The molecule has 0 amide bonds. The summed E-state index contributed by atoms with van der Waals surface area (Å²) in [4.78, 5) is 35.6. The number of carbonyl (C=O) groups is 1. The van der Waals surface area contributed by atoms with Gasteiger partial charge in [-0.2, -0.15) is 0 Å². The fourth-order valence-corrected chi connectivity index (χ4v) is 3.17. The summed E-state index contributed by atoms with van der Waals surface area (Å²) in [6.45, 7) is 0. The molecule has 164 valence electrons. The van der Waals surface area contributed by atoms with Crippen molar-refractivity contribution in [1.82, 2.24) is 15.0 Å². The van der Waals surface area contributed by atoms with Crippen LogP contribution in [0.15, 0.2) is 72.8 Å². The van der Waals surface area contributed by atoms with Gasteiger partial charge in [-0.15, -0.1) is 15.0 Å². The maximum Gasteiger partial charge on any atom is 0.296 e. The van der Waals surface area contributed by atoms with E-state index in [1.807, 2.05) is 0 Å². The number of carbonyl (C=O) groups excluding carboxylic acids is 1. The third-order valence-electron chi connectivity index (χ3n) is 4.83. The summed E-state index contributed by atoms with van der Waals surface area (Å²) in [5.74, 6) is 0.0497. The van der Waals surface area contributed by atoms with Crippen LogP contribution in [0.25, 0.3) is 16.9 Å². The highest BCUT2D eigenvalue weighted by Crippen LogP contribution is 2.28. The molecule has 0 spiro atoms. The highest BCUT2D eigenvalue weighted by Gasteiger charge is 2.25.